The summed E-state index contributed by atoms with van der Waals surface area (Å²) in [6.45, 7) is 0. The summed E-state index contributed by atoms with van der Waals surface area (Å²) in [7, 11) is 0. The molecule has 0 aliphatic carbocycles. The summed E-state index contributed by atoms with van der Waals surface area (Å²) >= 11 is 0. The van der Waals surface area contributed by atoms with Gasteiger partial charge in [0, 0.05) is 0 Å². The number of nitrogens with one attached hydrogen (secondary N) is 3. The van der Waals surface area contributed by atoms with Gasteiger partial charge in [-0.05, 0) is 18.4 Å². The van der Waals surface area contributed by atoms with E-state index in [0.29, 0.717) is 0 Å². The lowest BCUT2D eigenvalue weighted by atomic mass is 10.1. The zero-order chi connectivity index (χ0) is 8.55. The molecule has 0 radical (unpaired) electrons. The van der Waals surface area contributed by atoms with Crippen LogP contribution in [-0.4, -0.2) is 23.2 Å². The number of hydrogen-bond acceptors (Lipinski definition) is 4. The van der Waals surface area contributed by atoms with Crippen molar-refractivity contribution in [2.75, 3.05) is 0 Å². The molecule has 0 aromatic rings. The van der Waals surface area contributed by atoms with E-state index in [1.54, 1.807) is 6.20 Å². The van der Waals surface area contributed by atoms with Gasteiger partial charge in [0.1, 0.15) is 6.04 Å². The van der Waals surface area contributed by atoms with Crippen molar-refractivity contribution >= 4 is 5.97 Å². The highest BCUT2D eigenvalue weighted by Crippen LogP contribution is 2.13. The van der Waals surface area contributed by atoms with Crippen molar-refractivity contribution in [2.24, 2.45) is 0 Å². The molecule has 0 spiro atoms. The number of carbonyl (C=O) groups is 1. The van der Waals surface area contributed by atoms with Crippen molar-refractivity contribution in [2.45, 2.75) is 12.1 Å². The first-order valence-electron chi connectivity index (χ1n) is 3.66. The van der Waals surface area contributed by atoms with Crippen LogP contribution >= 0.6 is 0 Å². The molecular weight excluding hydrogens is 158 g/mol. The van der Waals surface area contributed by atoms with Gasteiger partial charge >= 0.3 is 5.97 Å². The molecule has 0 amide bonds. The molecule has 0 aromatic heterocycles. The minimum absolute atomic E-state index is 0.174. The normalized spacial score (nSPS) is 31.5. The maximum absolute atomic E-state index is 10.7. The van der Waals surface area contributed by atoms with Crippen molar-refractivity contribution in [1.82, 2.24) is 16.2 Å². The average molecular weight is 167 g/mol. The van der Waals surface area contributed by atoms with Crippen LogP contribution in [0.15, 0.2) is 24.0 Å². The Kier molecular flexibility index (Phi) is 1.51. The van der Waals surface area contributed by atoms with E-state index in [-0.39, 0.29) is 6.04 Å². The minimum Gasteiger partial charge on any atom is -0.480 e. The van der Waals surface area contributed by atoms with Crippen molar-refractivity contribution in [1.29, 1.82) is 0 Å². The van der Waals surface area contributed by atoms with Gasteiger partial charge in [-0.15, -0.1) is 0 Å². The van der Waals surface area contributed by atoms with E-state index in [0.717, 1.165) is 5.70 Å². The maximum Gasteiger partial charge on any atom is 0.325 e. The molecule has 2 aliphatic heterocycles. The average Bonchev–Trinajstić information content (AvgIpc) is 2.47. The van der Waals surface area contributed by atoms with E-state index < -0.39 is 12.0 Å². The Morgan fingerprint density at radius 3 is 3.17 bits per heavy atom. The third kappa shape index (κ3) is 0.947. The monoisotopic (exact) mass is 167 g/mol. The summed E-state index contributed by atoms with van der Waals surface area (Å²) in [5.41, 5.74) is 6.35. The van der Waals surface area contributed by atoms with Gasteiger partial charge in [0.2, 0.25) is 0 Å². The summed E-state index contributed by atoms with van der Waals surface area (Å²) in [4.78, 5) is 10.7. The highest BCUT2D eigenvalue weighted by Gasteiger charge is 2.36. The second-order valence-corrected chi connectivity index (χ2v) is 2.71. The summed E-state index contributed by atoms with van der Waals surface area (Å²) in [5, 5.41) is 11.7. The van der Waals surface area contributed by atoms with E-state index in [4.69, 9.17) is 5.11 Å². The van der Waals surface area contributed by atoms with Crippen molar-refractivity contribution in [3.63, 3.8) is 0 Å². The lowest BCUT2D eigenvalue weighted by Gasteiger charge is -2.17. The van der Waals surface area contributed by atoms with Gasteiger partial charge in [-0.1, -0.05) is 0 Å². The number of carboxylic acids is 1. The molecule has 0 bridgehead atoms. The second kappa shape index (κ2) is 2.53. The third-order valence-electron chi connectivity index (χ3n) is 1.95. The van der Waals surface area contributed by atoms with E-state index in [1.165, 1.54) is 0 Å². The molecule has 5 nitrogen and oxygen atoms in total. The van der Waals surface area contributed by atoms with Gasteiger partial charge in [0.15, 0.2) is 0 Å². The van der Waals surface area contributed by atoms with Gasteiger partial charge in [-0.2, -0.15) is 0 Å². The largest absolute Gasteiger partial charge is 0.480 e. The number of hydrogen-bond donors (Lipinski definition) is 4. The quantitative estimate of drug-likeness (QED) is 0.399. The zero-order valence-corrected chi connectivity index (χ0v) is 6.24. The van der Waals surface area contributed by atoms with Crippen molar-refractivity contribution < 1.29 is 9.90 Å². The Morgan fingerprint density at radius 1 is 1.58 bits per heavy atom. The summed E-state index contributed by atoms with van der Waals surface area (Å²) < 4.78 is 0. The minimum atomic E-state index is -0.862. The number of hydrazine groups is 1. The summed E-state index contributed by atoms with van der Waals surface area (Å²) in [5.74, 6) is -0.862. The van der Waals surface area contributed by atoms with Crippen LogP contribution in [0.25, 0.3) is 0 Å². The Hall–Kier alpha value is -1.49. The topological polar surface area (TPSA) is 73.4 Å². The number of fused-ring (bicyclic) bond motifs is 1. The number of dihydropyridines is 1. The summed E-state index contributed by atoms with van der Waals surface area (Å²) in [6.07, 6.45) is 5.40. The number of allylic oxidation sites excluding steroid dienone is 2. The molecule has 2 unspecified atom stereocenters. The highest BCUT2D eigenvalue weighted by molar-refractivity contribution is 5.76. The molecule has 2 rings (SSSR count). The van der Waals surface area contributed by atoms with E-state index in [9.17, 15) is 4.79 Å². The molecule has 2 atom stereocenters. The zero-order valence-electron chi connectivity index (χ0n) is 6.24. The summed E-state index contributed by atoms with van der Waals surface area (Å²) in [6, 6.07) is -0.770. The lowest BCUT2D eigenvalue weighted by Crippen LogP contribution is -2.45. The molecule has 64 valence electrons. The molecule has 1 saturated heterocycles. The van der Waals surface area contributed by atoms with E-state index in [1.807, 2.05) is 12.2 Å². The van der Waals surface area contributed by atoms with E-state index in [2.05, 4.69) is 16.2 Å². The molecule has 0 saturated carbocycles. The van der Waals surface area contributed by atoms with Gasteiger partial charge in [0.05, 0.1) is 11.7 Å². The van der Waals surface area contributed by atoms with Gasteiger partial charge in [0.25, 0.3) is 0 Å². The maximum atomic E-state index is 10.7. The molecule has 5 heteroatoms. The van der Waals surface area contributed by atoms with Gasteiger partial charge in [-0.25, -0.2) is 5.43 Å². The lowest BCUT2D eigenvalue weighted by molar-refractivity contribution is -0.139. The van der Waals surface area contributed by atoms with Gasteiger partial charge < -0.3 is 15.8 Å². The first-order valence-corrected chi connectivity index (χ1v) is 3.66. The molecule has 12 heavy (non-hydrogen) atoms. The number of carboxylic acid groups (broad SMARTS) is 1. The molecule has 4 N–H and O–H groups in total. The molecule has 0 aromatic carbocycles. The fourth-order valence-corrected chi connectivity index (χ4v) is 1.35. The van der Waals surface area contributed by atoms with Gasteiger partial charge in [-0.3, -0.25) is 4.79 Å². The van der Waals surface area contributed by atoms with Crippen LogP contribution in [0.1, 0.15) is 0 Å². The Labute approximate surface area is 69.1 Å². The molecule has 1 fully saturated rings. The Balaban J connectivity index is 2.20. The van der Waals surface area contributed by atoms with Crippen LogP contribution < -0.4 is 16.2 Å². The Bertz CT molecular complexity index is 272. The van der Waals surface area contributed by atoms with Crippen LogP contribution in [0.5, 0.6) is 0 Å². The standard InChI is InChI=1S/C7H9N3O2/c11-7(12)6-5-4(9-10-6)2-1-3-8-5/h1-3,5-6,8-10H,(H,11,12). The molecule has 2 aliphatic rings. The van der Waals surface area contributed by atoms with Crippen LogP contribution in [0.4, 0.5) is 0 Å². The van der Waals surface area contributed by atoms with Crippen molar-refractivity contribution in [3.05, 3.63) is 24.0 Å². The fourth-order valence-electron chi connectivity index (χ4n) is 1.35. The second-order valence-electron chi connectivity index (χ2n) is 2.71. The fraction of sp³-hybridized carbons (Fsp3) is 0.286. The SMILES string of the molecule is O=C(O)C1NNC2=CC=CNC21. The van der Waals surface area contributed by atoms with Crippen LogP contribution in [0, 0.1) is 0 Å². The van der Waals surface area contributed by atoms with E-state index >= 15 is 0 Å². The first-order chi connectivity index (χ1) is 5.79. The first kappa shape index (κ1) is 7.17. The smallest absolute Gasteiger partial charge is 0.325 e. The highest BCUT2D eigenvalue weighted by atomic mass is 16.4. The molecular formula is C7H9N3O2. The molecule has 2 heterocycles. The van der Waals surface area contributed by atoms with Crippen LogP contribution in [-0.2, 0) is 4.79 Å². The predicted molar refractivity (Wildman–Crippen MR) is 41.8 cm³/mol. The van der Waals surface area contributed by atoms with Crippen molar-refractivity contribution in [3.8, 4) is 0 Å². The number of rotatable bonds is 1. The predicted octanol–water partition coefficient (Wildman–Crippen LogP) is -1.08. The van der Waals surface area contributed by atoms with Crippen LogP contribution in [0.2, 0.25) is 0 Å². The Morgan fingerprint density at radius 2 is 2.42 bits per heavy atom. The number of aliphatic carboxylic acids is 1. The third-order valence-corrected chi connectivity index (χ3v) is 1.95. The van der Waals surface area contributed by atoms with Crippen LogP contribution in [0.3, 0.4) is 0 Å².